The SMILES string of the molecule is Cc1c(C(=O)O)ccc(-c2ccco2)c1C(=O)O.Cc1c(Cn2cnc3ccc(N4CCOCC4)cc32)cccc1C(F)(F)F. The van der Waals surface area contributed by atoms with Crippen LogP contribution >= 0.6 is 0 Å². The third-order valence-electron chi connectivity index (χ3n) is 7.77. The van der Waals surface area contributed by atoms with Crippen molar-refractivity contribution in [2.45, 2.75) is 26.6 Å². The van der Waals surface area contributed by atoms with Crippen molar-refractivity contribution in [3.05, 3.63) is 107 Å². The van der Waals surface area contributed by atoms with E-state index < -0.39 is 23.7 Å². The van der Waals surface area contributed by atoms with Crippen LogP contribution in [0.1, 0.15) is 43.0 Å². The number of carboxylic acids is 2. The second-order valence-electron chi connectivity index (χ2n) is 10.5. The van der Waals surface area contributed by atoms with E-state index in [-0.39, 0.29) is 22.3 Å². The smallest absolute Gasteiger partial charge is 0.416 e. The Kier molecular flexibility index (Phi) is 8.96. The number of furan rings is 1. The second kappa shape index (κ2) is 12.9. The van der Waals surface area contributed by atoms with E-state index in [1.165, 1.54) is 38.3 Å². The van der Waals surface area contributed by atoms with Gasteiger partial charge in [0.25, 0.3) is 0 Å². The molecule has 0 saturated carbocycles. The number of fused-ring (bicyclic) bond motifs is 1. The van der Waals surface area contributed by atoms with Gasteiger partial charge in [0.05, 0.1) is 53.5 Å². The lowest BCUT2D eigenvalue weighted by Crippen LogP contribution is -2.36. The minimum absolute atomic E-state index is 0.0253. The van der Waals surface area contributed by atoms with Gasteiger partial charge in [0, 0.05) is 30.9 Å². The topological polar surface area (TPSA) is 118 Å². The van der Waals surface area contributed by atoms with E-state index in [0.29, 0.717) is 36.6 Å². The standard InChI is InChI=1S/C20H20F3N3O.C13H10O5/c1-14-15(3-2-4-17(14)20(21,22)23)12-26-13-24-18-6-5-16(11-19(18)26)25-7-9-27-10-8-25;1-7-8(12(14)15)4-5-9(11(7)13(16)17)10-3-2-6-18-10/h2-6,11,13H,7-10,12H2,1H3;2-6H,1H3,(H,14,15)(H,16,17). The first-order chi connectivity index (χ1) is 21.5. The van der Waals surface area contributed by atoms with Gasteiger partial charge < -0.3 is 28.8 Å². The maximum absolute atomic E-state index is 13.2. The lowest BCUT2D eigenvalue weighted by molar-refractivity contribution is -0.138. The Morgan fingerprint density at radius 1 is 0.933 bits per heavy atom. The van der Waals surface area contributed by atoms with Crippen molar-refractivity contribution in [3.8, 4) is 11.3 Å². The highest BCUT2D eigenvalue weighted by molar-refractivity contribution is 6.01. The van der Waals surface area contributed by atoms with E-state index in [0.717, 1.165) is 35.9 Å². The minimum atomic E-state index is -4.35. The number of rotatable bonds is 6. The Bertz CT molecular complexity index is 1840. The first-order valence-corrected chi connectivity index (χ1v) is 14.0. The van der Waals surface area contributed by atoms with Crippen LogP contribution in [0.4, 0.5) is 18.9 Å². The summed E-state index contributed by atoms with van der Waals surface area (Å²) in [6, 6.07) is 16.4. The summed E-state index contributed by atoms with van der Waals surface area (Å²) >= 11 is 0. The molecule has 1 fully saturated rings. The lowest BCUT2D eigenvalue weighted by atomic mass is 9.95. The highest BCUT2D eigenvalue weighted by atomic mass is 19.4. The predicted molar refractivity (Wildman–Crippen MR) is 161 cm³/mol. The molecule has 12 heteroatoms. The molecule has 2 N–H and O–H groups in total. The number of carboxylic acid groups (broad SMARTS) is 2. The molecule has 5 aromatic rings. The third-order valence-corrected chi connectivity index (χ3v) is 7.77. The number of aromatic carboxylic acids is 2. The number of halogens is 3. The van der Waals surface area contributed by atoms with E-state index in [1.807, 2.05) is 16.7 Å². The largest absolute Gasteiger partial charge is 0.478 e. The summed E-state index contributed by atoms with van der Waals surface area (Å²) in [6.07, 6.45) is -1.23. The van der Waals surface area contributed by atoms with Crippen LogP contribution in [0.2, 0.25) is 0 Å². The summed E-state index contributed by atoms with van der Waals surface area (Å²) in [5.41, 5.74) is 3.64. The number of ether oxygens (including phenoxy) is 1. The normalized spacial score (nSPS) is 13.4. The molecule has 3 heterocycles. The Morgan fingerprint density at radius 3 is 2.33 bits per heavy atom. The quantitative estimate of drug-likeness (QED) is 0.210. The van der Waals surface area contributed by atoms with Gasteiger partial charge in [0.2, 0.25) is 0 Å². The van der Waals surface area contributed by atoms with Crippen LogP contribution in [-0.4, -0.2) is 58.0 Å². The van der Waals surface area contributed by atoms with Crippen LogP contribution in [0.25, 0.3) is 22.4 Å². The van der Waals surface area contributed by atoms with Crippen molar-refractivity contribution in [1.82, 2.24) is 9.55 Å². The number of alkyl halides is 3. The molecule has 0 atom stereocenters. The second-order valence-corrected chi connectivity index (χ2v) is 10.5. The van der Waals surface area contributed by atoms with Crippen molar-refractivity contribution >= 4 is 28.7 Å². The van der Waals surface area contributed by atoms with Crippen LogP contribution in [0.15, 0.2) is 77.7 Å². The predicted octanol–water partition coefficient (Wildman–Crippen LogP) is 6.90. The Morgan fingerprint density at radius 2 is 1.69 bits per heavy atom. The van der Waals surface area contributed by atoms with Crippen LogP contribution in [0.3, 0.4) is 0 Å². The average molecular weight is 622 g/mol. The maximum Gasteiger partial charge on any atom is 0.416 e. The Balaban J connectivity index is 0.000000194. The van der Waals surface area contributed by atoms with Gasteiger partial charge in [-0.05, 0) is 79.1 Å². The summed E-state index contributed by atoms with van der Waals surface area (Å²) in [6.45, 7) is 6.38. The lowest BCUT2D eigenvalue weighted by Gasteiger charge is -2.28. The van der Waals surface area contributed by atoms with E-state index in [9.17, 15) is 27.9 Å². The monoisotopic (exact) mass is 621 g/mol. The summed E-state index contributed by atoms with van der Waals surface area (Å²) < 4.78 is 52.0. The first-order valence-electron chi connectivity index (χ1n) is 14.0. The molecular weight excluding hydrogens is 591 g/mol. The van der Waals surface area contributed by atoms with E-state index in [2.05, 4.69) is 16.0 Å². The molecule has 0 amide bonds. The van der Waals surface area contributed by atoms with Crippen molar-refractivity contribution in [2.24, 2.45) is 0 Å². The fraction of sp³-hybridized carbons (Fsp3) is 0.242. The van der Waals surface area contributed by atoms with Gasteiger partial charge in [-0.15, -0.1) is 0 Å². The van der Waals surface area contributed by atoms with E-state index in [1.54, 1.807) is 24.5 Å². The number of hydrogen-bond donors (Lipinski definition) is 2. The van der Waals surface area contributed by atoms with Gasteiger partial charge in [0.1, 0.15) is 5.76 Å². The molecule has 0 unspecified atom stereocenters. The number of morpholine rings is 1. The molecule has 234 valence electrons. The van der Waals surface area contributed by atoms with Gasteiger partial charge in [-0.2, -0.15) is 13.2 Å². The molecule has 1 aliphatic heterocycles. The fourth-order valence-corrected chi connectivity index (χ4v) is 5.39. The number of hydrogen-bond acceptors (Lipinski definition) is 6. The summed E-state index contributed by atoms with van der Waals surface area (Å²) in [7, 11) is 0. The molecule has 1 aliphatic rings. The zero-order valence-corrected chi connectivity index (χ0v) is 24.5. The zero-order chi connectivity index (χ0) is 32.3. The number of aromatic nitrogens is 2. The number of nitrogens with zero attached hydrogens (tertiary/aromatic N) is 3. The van der Waals surface area contributed by atoms with Gasteiger partial charge in [-0.25, -0.2) is 14.6 Å². The summed E-state index contributed by atoms with van der Waals surface area (Å²) in [5.74, 6) is -1.93. The maximum atomic E-state index is 13.2. The highest BCUT2D eigenvalue weighted by Gasteiger charge is 2.32. The first kappa shape index (κ1) is 31.3. The molecule has 2 aromatic heterocycles. The molecule has 1 saturated heterocycles. The van der Waals surface area contributed by atoms with Gasteiger partial charge in [0.15, 0.2) is 0 Å². The molecule has 0 aliphatic carbocycles. The summed E-state index contributed by atoms with van der Waals surface area (Å²) in [5, 5.41) is 18.2. The number of benzene rings is 3. The Labute approximate surface area is 256 Å². The van der Waals surface area contributed by atoms with Crippen molar-refractivity contribution in [1.29, 1.82) is 0 Å². The van der Waals surface area contributed by atoms with Crippen molar-refractivity contribution in [3.63, 3.8) is 0 Å². The average Bonchev–Trinajstić information content (AvgIpc) is 3.68. The van der Waals surface area contributed by atoms with Crippen molar-refractivity contribution < 1.29 is 42.1 Å². The molecule has 0 bridgehead atoms. The zero-order valence-electron chi connectivity index (χ0n) is 24.5. The molecule has 0 spiro atoms. The third kappa shape index (κ3) is 6.70. The fourth-order valence-electron chi connectivity index (χ4n) is 5.39. The molecule has 45 heavy (non-hydrogen) atoms. The van der Waals surface area contributed by atoms with Crippen LogP contribution in [0.5, 0.6) is 0 Å². The highest BCUT2D eigenvalue weighted by Crippen LogP contribution is 2.34. The summed E-state index contributed by atoms with van der Waals surface area (Å²) in [4.78, 5) is 28.9. The van der Waals surface area contributed by atoms with E-state index in [4.69, 9.17) is 14.3 Å². The Hall–Kier alpha value is -5.10. The molecule has 3 aromatic carbocycles. The molecule has 9 nitrogen and oxygen atoms in total. The van der Waals surface area contributed by atoms with E-state index >= 15 is 0 Å². The number of anilines is 1. The van der Waals surface area contributed by atoms with Gasteiger partial charge >= 0.3 is 18.1 Å². The van der Waals surface area contributed by atoms with Crippen LogP contribution in [0, 0.1) is 13.8 Å². The molecule has 6 rings (SSSR count). The van der Waals surface area contributed by atoms with Crippen LogP contribution < -0.4 is 4.90 Å². The van der Waals surface area contributed by atoms with Gasteiger partial charge in [-0.1, -0.05) is 12.1 Å². The van der Waals surface area contributed by atoms with Crippen LogP contribution in [-0.2, 0) is 17.5 Å². The molecular formula is C33H30F3N3O6. The minimum Gasteiger partial charge on any atom is -0.478 e. The number of imidazole rings is 1. The number of carbonyl (C=O) groups is 2. The molecule has 0 radical (unpaired) electrons. The van der Waals surface area contributed by atoms with Gasteiger partial charge in [-0.3, -0.25) is 0 Å². The van der Waals surface area contributed by atoms with Crippen molar-refractivity contribution in [2.75, 3.05) is 31.2 Å².